The van der Waals surface area contributed by atoms with E-state index in [1.807, 2.05) is 42.2 Å². The summed E-state index contributed by atoms with van der Waals surface area (Å²) >= 11 is 0. The third-order valence-electron chi connectivity index (χ3n) is 4.95. The van der Waals surface area contributed by atoms with Crippen molar-refractivity contribution in [2.45, 2.75) is 51.2 Å². The van der Waals surface area contributed by atoms with E-state index in [0.717, 1.165) is 36.9 Å². The fraction of sp³-hybridized carbons (Fsp3) is 0.450. The van der Waals surface area contributed by atoms with Crippen LogP contribution >= 0.6 is 0 Å². The number of nitrogens with zero attached hydrogens (tertiary/aromatic N) is 3. The number of carbonyl (C=O) groups excluding carboxylic acids is 2. The molecule has 0 radical (unpaired) electrons. The molecule has 0 unspecified atom stereocenters. The quantitative estimate of drug-likeness (QED) is 0.868. The Morgan fingerprint density at radius 2 is 1.88 bits per heavy atom. The Hall–Kier alpha value is -2.63. The summed E-state index contributed by atoms with van der Waals surface area (Å²) < 4.78 is 1.65. The van der Waals surface area contributed by atoms with Crippen LogP contribution < -0.4 is 5.32 Å². The number of hydrogen-bond acceptors (Lipinski definition) is 3. The molecule has 2 amide bonds. The minimum atomic E-state index is -0.0143. The number of nitrogens with one attached hydrogen (secondary N) is 1. The van der Waals surface area contributed by atoms with Gasteiger partial charge in [-0.05, 0) is 56.4 Å². The van der Waals surface area contributed by atoms with Crippen molar-refractivity contribution in [1.82, 2.24) is 20.0 Å². The monoisotopic (exact) mass is 352 g/mol. The lowest BCUT2D eigenvalue weighted by Crippen LogP contribution is -2.34. The van der Waals surface area contributed by atoms with Gasteiger partial charge in [-0.1, -0.05) is 12.1 Å². The van der Waals surface area contributed by atoms with Crippen molar-refractivity contribution in [2.75, 3.05) is 0 Å². The smallest absolute Gasteiger partial charge is 0.272 e. The van der Waals surface area contributed by atoms with Crippen LogP contribution in [0.4, 0.5) is 0 Å². The molecule has 0 bridgehead atoms. The molecule has 0 aliphatic heterocycles. The molecule has 2 saturated carbocycles. The average Bonchev–Trinajstić information content (AvgIpc) is 3.53. The van der Waals surface area contributed by atoms with Crippen LogP contribution in [0, 0.1) is 6.92 Å². The minimum absolute atomic E-state index is 0.0143. The average molecular weight is 352 g/mol. The second-order valence-corrected chi connectivity index (χ2v) is 7.40. The summed E-state index contributed by atoms with van der Waals surface area (Å²) in [6.07, 6.45) is 4.25. The van der Waals surface area contributed by atoms with Crippen molar-refractivity contribution in [3.05, 3.63) is 52.8 Å². The Balaban J connectivity index is 1.47. The van der Waals surface area contributed by atoms with E-state index < -0.39 is 0 Å². The molecule has 0 atom stereocenters. The van der Waals surface area contributed by atoms with Crippen molar-refractivity contribution in [2.24, 2.45) is 7.05 Å². The molecule has 6 nitrogen and oxygen atoms in total. The Morgan fingerprint density at radius 1 is 1.19 bits per heavy atom. The third-order valence-corrected chi connectivity index (χ3v) is 4.95. The van der Waals surface area contributed by atoms with Crippen molar-refractivity contribution in [3.8, 4) is 0 Å². The van der Waals surface area contributed by atoms with Gasteiger partial charge in [-0.15, -0.1) is 0 Å². The van der Waals surface area contributed by atoms with E-state index in [9.17, 15) is 9.59 Å². The molecule has 1 aromatic heterocycles. The summed E-state index contributed by atoms with van der Waals surface area (Å²) in [4.78, 5) is 27.0. The number of hydrogen-bond donors (Lipinski definition) is 1. The predicted octanol–water partition coefficient (Wildman–Crippen LogP) is 2.43. The van der Waals surface area contributed by atoms with E-state index in [-0.39, 0.29) is 11.8 Å². The first-order chi connectivity index (χ1) is 12.5. The highest BCUT2D eigenvalue weighted by Gasteiger charge is 2.34. The molecule has 136 valence electrons. The molecule has 2 aliphatic carbocycles. The van der Waals surface area contributed by atoms with Crippen LogP contribution in [0.5, 0.6) is 0 Å². The van der Waals surface area contributed by atoms with Gasteiger partial charge >= 0.3 is 0 Å². The Kier molecular flexibility index (Phi) is 4.26. The van der Waals surface area contributed by atoms with Gasteiger partial charge in [0.25, 0.3) is 11.8 Å². The number of rotatable bonds is 6. The summed E-state index contributed by atoms with van der Waals surface area (Å²) in [6, 6.07) is 10.1. The SMILES string of the molecule is Cc1cc(C(=O)N(Cc2ccc(C(=O)NC3CC3)cc2)C2CC2)n(C)n1. The van der Waals surface area contributed by atoms with Crippen molar-refractivity contribution < 1.29 is 9.59 Å². The summed E-state index contributed by atoms with van der Waals surface area (Å²) in [7, 11) is 1.80. The number of carbonyl (C=O) groups is 2. The van der Waals surface area contributed by atoms with Crippen LogP contribution in [0.3, 0.4) is 0 Å². The zero-order chi connectivity index (χ0) is 18.3. The summed E-state index contributed by atoms with van der Waals surface area (Å²) in [5, 5.41) is 7.28. The lowest BCUT2D eigenvalue weighted by molar-refractivity contribution is 0.0718. The largest absolute Gasteiger partial charge is 0.349 e. The molecule has 2 aliphatic rings. The zero-order valence-electron chi connectivity index (χ0n) is 15.2. The van der Waals surface area contributed by atoms with Gasteiger partial charge in [0.1, 0.15) is 5.69 Å². The summed E-state index contributed by atoms with van der Waals surface area (Å²) in [6.45, 7) is 2.45. The molecular formula is C20H24N4O2. The maximum Gasteiger partial charge on any atom is 0.272 e. The highest BCUT2D eigenvalue weighted by molar-refractivity contribution is 5.95. The number of aryl methyl sites for hydroxylation is 2. The second kappa shape index (κ2) is 6.59. The second-order valence-electron chi connectivity index (χ2n) is 7.40. The number of benzene rings is 1. The van der Waals surface area contributed by atoms with Gasteiger partial charge in [0.15, 0.2) is 0 Å². The van der Waals surface area contributed by atoms with Crippen molar-refractivity contribution in [1.29, 1.82) is 0 Å². The van der Waals surface area contributed by atoms with Crippen LogP contribution in [-0.2, 0) is 13.6 Å². The van der Waals surface area contributed by atoms with Gasteiger partial charge in [-0.2, -0.15) is 5.10 Å². The summed E-state index contributed by atoms with van der Waals surface area (Å²) in [5.41, 5.74) is 3.17. The van der Waals surface area contributed by atoms with Crippen LogP contribution in [0.15, 0.2) is 30.3 Å². The molecule has 26 heavy (non-hydrogen) atoms. The fourth-order valence-electron chi connectivity index (χ4n) is 3.17. The van der Waals surface area contributed by atoms with Crippen LogP contribution in [0.2, 0.25) is 0 Å². The fourth-order valence-corrected chi connectivity index (χ4v) is 3.17. The molecular weight excluding hydrogens is 328 g/mol. The maximum atomic E-state index is 13.0. The molecule has 1 heterocycles. The van der Waals surface area contributed by atoms with E-state index in [0.29, 0.717) is 29.9 Å². The van der Waals surface area contributed by atoms with Crippen molar-refractivity contribution in [3.63, 3.8) is 0 Å². The van der Waals surface area contributed by atoms with Crippen molar-refractivity contribution >= 4 is 11.8 Å². The molecule has 1 aromatic carbocycles. The van der Waals surface area contributed by atoms with E-state index in [2.05, 4.69) is 10.4 Å². The Bertz CT molecular complexity index is 832. The van der Waals surface area contributed by atoms with E-state index in [4.69, 9.17) is 0 Å². The first-order valence-electron chi connectivity index (χ1n) is 9.22. The van der Waals surface area contributed by atoms with Crippen LogP contribution in [-0.4, -0.2) is 38.6 Å². The molecule has 6 heteroatoms. The minimum Gasteiger partial charge on any atom is -0.349 e. The highest BCUT2D eigenvalue weighted by Crippen LogP contribution is 2.30. The normalized spacial score (nSPS) is 16.4. The van der Waals surface area contributed by atoms with Gasteiger partial charge in [0.2, 0.25) is 0 Å². The third kappa shape index (κ3) is 3.64. The molecule has 1 N–H and O–H groups in total. The highest BCUT2D eigenvalue weighted by atomic mass is 16.2. The first-order valence-corrected chi connectivity index (χ1v) is 9.22. The van der Waals surface area contributed by atoms with E-state index in [1.165, 1.54) is 0 Å². The zero-order valence-corrected chi connectivity index (χ0v) is 15.2. The van der Waals surface area contributed by atoms with Gasteiger partial charge in [0, 0.05) is 31.2 Å². The first kappa shape index (κ1) is 16.8. The van der Waals surface area contributed by atoms with Gasteiger partial charge in [-0.25, -0.2) is 0 Å². The number of amides is 2. The lowest BCUT2D eigenvalue weighted by Gasteiger charge is -2.22. The predicted molar refractivity (Wildman–Crippen MR) is 97.8 cm³/mol. The molecule has 0 saturated heterocycles. The molecule has 0 spiro atoms. The van der Waals surface area contributed by atoms with Crippen LogP contribution in [0.1, 0.15) is 57.8 Å². The molecule has 2 fully saturated rings. The van der Waals surface area contributed by atoms with E-state index >= 15 is 0 Å². The van der Waals surface area contributed by atoms with Gasteiger partial charge in [-0.3, -0.25) is 14.3 Å². The van der Waals surface area contributed by atoms with E-state index in [1.54, 1.807) is 11.7 Å². The Labute approximate surface area is 153 Å². The number of aromatic nitrogens is 2. The van der Waals surface area contributed by atoms with Crippen LogP contribution in [0.25, 0.3) is 0 Å². The topological polar surface area (TPSA) is 67.2 Å². The van der Waals surface area contributed by atoms with Gasteiger partial charge < -0.3 is 10.2 Å². The Morgan fingerprint density at radius 3 is 2.42 bits per heavy atom. The standard InChI is InChI=1S/C20H24N4O2/c1-13-11-18(23(2)22-13)20(26)24(17-9-10-17)12-14-3-5-15(6-4-14)19(25)21-16-7-8-16/h3-6,11,16-17H,7-10,12H2,1-2H3,(H,21,25). The maximum absolute atomic E-state index is 13.0. The molecule has 4 rings (SSSR count). The molecule has 2 aromatic rings. The summed E-state index contributed by atoms with van der Waals surface area (Å²) in [5.74, 6) is 0.00527. The lowest BCUT2D eigenvalue weighted by atomic mass is 10.1. The van der Waals surface area contributed by atoms with Gasteiger partial charge in [0.05, 0.1) is 5.69 Å².